The lowest BCUT2D eigenvalue weighted by Gasteiger charge is -2.24. The third-order valence-electron chi connectivity index (χ3n) is 4.71. The van der Waals surface area contributed by atoms with Gasteiger partial charge < -0.3 is 9.73 Å². The van der Waals surface area contributed by atoms with Gasteiger partial charge in [0.05, 0.1) is 6.54 Å². The van der Waals surface area contributed by atoms with Gasteiger partial charge in [-0.3, -0.25) is 4.90 Å². The Hall–Kier alpha value is -0.800. The molecule has 0 radical (unpaired) electrons. The van der Waals surface area contributed by atoms with E-state index in [0.717, 1.165) is 30.8 Å². The number of nitrogens with zero attached hydrogens (tertiary/aromatic N) is 1. The molecule has 1 heterocycles. The van der Waals surface area contributed by atoms with Crippen LogP contribution in [0.4, 0.5) is 0 Å². The molecule has 1 aromatic rings. The number of rotatable bonds is 7. The first-order valence-electron chi connectivity index (χ1n) is 7.66. The molecule has 0 aliphatic heterocycles. The Morgan fingerprint density at radius 2 is 2.16 bits per heavy atom. The molecule has 0 bridgehead atoms. The van der Waals surface area contributed by atoms with Crippen molar-refractivity contribution >= 4 is 0 Å². The normalized spacial score (nSPS) is 27.8. The average molecular weight is 262 g/mol. The average Bonchev–Trinajstić information content (AvgIpc) is 3.30. The van der Waals surface area contributed by atoms with Crippen LogP contribution in [0.1, 0.15) is 50.5 Å². The molecule has 3 heteroatoms. The Morgan fingerprint density at radius 3 is 2.79 bits per heavy atom. The third-order valence-corrected chi connectivity index (χ3v) is 4.71. The molecule has 2 saturated carbocycles. The van der Waals surface area contributed by atoms with Crippen LogP contribution in [0.3, 0.4) is 0 Å². The van der Waals surface area contributed by atoms with Crippen molar-refractivity contribution in [3.63, 3.8) is 0 Å². The Balaban J connectivity index is 1.40. The first kappa shape index (κ1) is 13.2. The van der Waals surface area contributed by atoms with Crippen molar-refractivity contribution in [2.45, 2.75) is 57.7 Å². The Labute approximate surface area is 116 Å². The zero-order chi connectivity index (χ0) is 13.4. The zero-order valence-electron chi connectivity index (χ0n) is 12.4. The quantitative estimate of drug-likeness (QED) is 0.819. The van der Waals surface area contributed by atoms with E-state index in [-0.39, 0.29) is 0 Å². The van der Waals surface area contributed by atoms with Crippen LogP contribution >= 0.6 is 0 Å². The van der Waals surface area contributed by atoms with Gasteiger partial charge in [0.2, 0.25) is 0 Å². The fourth-order valence-electron chi connectivity index (χ4n) is 2.80. The highest BCUT2D eigenvalue weighted by Gasteiger charge is 2.36. The molecular weight excluding hydrogens is 236 g/mol. The minimum atomic E-state index is 0.602. The van der Waals surface area contributed by atoms with Gasteiger partial charge in [-0.15, -0.1) is 0 Å². The van der Waals surface area contributed by atoms with Crippen molar-refractivity contribution in [3.05, 3.63) is 23.7 Å². The van der Waals surface area contributed by atoms with Crippen LogP contribution in [-0.2, 0) is 6.54 Å². The number of furan rings is 1. The van der Waals surface area contributed by atoms with Gasteiger partial charge in [-0.05, 0) is 51.3 Å². The maximum absolute atomic E-state index is 5.90. The van der Waals surface area contributed by atoms with Gasteiger partial charge >= 0.3 is 0 Å². The van der Waals surface area contributed by atoms with Crippen LogP contribution in [0.25, 0.3) is 0 Å². The van der Waals surface area contributed by atoms with Crippen LogP contribution in [-0.4, -0.2) is 30.6 Å². The molecule has 0 saturated heterocycles. The second-order valence-corrected chi connectivity index (χ2v) is 6.50. The Morgan fingerprint density at radius 1 is 1.42 bits per heavy atom. The van der Waals surface area contributed by atoms with Gasteiger partial charge in [-0.2, -0.15) is 0 Å². The SMILES string of the molecule is CC1CC1c1ccc(CNCC(C)N(C)C2CC2)o1. The van der Waals surface area contributed by atoms with Gasteiger partial charge in [0.25, 0.3) is 0 Å². The summed E-state index contributed by atoms with van der Waals surface area (Å²) in [6.07, 6.45) is 4.05. The maximum Gasteiger partial charge on any atom is 0.117 e. The third kappa shape index (κ3) is 3.21. The molecule has 1 N–H and O–H groups in total. The van der Waals surface area contributed by atoms with Crippen LogP contribution in [0.2, 0.25) is 0 Å². The number of nitrogens with one attached hydrogen (secondary N) is 1. The smallest absolute Gasteiger partial charge is 0.117 e. The minimum Gasteiger partial charge on any atom is -0.464 e. The number of hydrogen-bond acceptors (Lipinski definition) is 3. The summed E-state index contributed by atoms with van der Waals surface area (Å²) in [5.41, 5.74) is 0. The first-order valence-corrected chi connectivity index (χ1v) is 7.66. The summed E-state index contributed by atoms with van der Waals surface area (Å²) in [7, 11) is 2.24. The molecule has 2 fully saturated rings. The summed E-state index contributed by atoms with van der Waals surface area (Å²) in [6.45, 7) is 6.47. The molecule has 19 heavy (non-hydrogen) atoms. The highest BCUT2D eigenvalue weighted by atomic mass is 16.3. The molecule has 3 unspecified atom stereocenters. The van der Waals surface area contributed by atoms with Crippen molar-refractivity contribution in [1.82, 2.24) is 10.2 Å². The molecule has 2 aliphatic carbocycles. The highest BCUT2D eigenvalue weighted by molar-refractivity contribution is 5.17. The minimum absolute atomic E-state index is 0.602. The Kier molecular flexibility index (Phi) is 3.68. The summed E-state index contributed by atoms with van der Waals surface area (Å²) in [5.74, 6) is 3.77. The van der Waals surface area contributed by atoms with Gasteiger partial charge in [-0.25, -0.2) is 0 Å². The monoisotopic (exact) mass is 262 g/mol. The van der Waals surface area contributed by atoms with Gasteiger partial charge in [0, 0.05) is 24.5 Å². The molecule has 106 valence electrons. The van der Waals surface area contributed by atoms with E-state index < -0.39 is 0 Å². The summed E-state index contributed by atoms with van der Waals surface area (Å²) in [6, 6.07) is 5.72. The lowest BCUT2D eigenvalue weighted by atomic mass is 10.2. The predicted octanol–water partition coefficient (Wildman–Crippen LogP) is 2.98. The molecule has 1 aromatic heterocycles. The Bertz CT molecular complexity index is 424. The van der Waals surface area contributed by atoms with Crippen LogP contribution in [0.15, 0.2) is 16.5 Å². The second-order valence-electron chi connectivity index (χ2n) is 6.50. The van der Waals surface area contributed by atoms with E-state index in [9.17, 15) is 0 Å². The molecule has 0 spiro atoms. The van der Waals surface area contributed by atoms with Crippen molar-refractivity contribution in [2.75, 3.05) is 13.6 Å². The maximum atomic E-state index is 5.90. The van der Waals surface area contributed by atoms with E-state index in [1.165, 1.54) is 25.0 Å². The van der Waals surface area contributed by atoms with E-state index in [1.807, 2.05) is 0 Å². The summed E-state index contributed by atoms with van der Waals surface area (Å²) < 4.78 is 5.90. The molecule has 0 aromatic carbocycles. The largest absolute Gasteiger partial charge is 0.464 e. The molecule has 3 nitrogen and oxygen atoms in total. The van der Waals surface area contributed by atoms with Crippen LogP contribution in [0, 0.1) is 5.92 Å². The van der Waals surface area contributed by atoms with Gasteiger partial charge in [-0.1, -0.05) is 6.92 Å². The lowest BCUT2D eigenvalue weighted by Crippen LogP contribution is -2.38. The van der Waals surface area contributed by atoms with Crippen LogP contribution < -0.4 is 5.32 Å². The second kappa shape index (κ2) is 5.29. The van der Waals surface area contributed by atoms with E-state index in [4.69, 9.17) is 4.42 Å². The number of hydrogen-bond donors (Lipinski definition) is 1. The van der Waals surface area contributed by atoms with Crippen molar-refractivity contribution in [3.8, 4) is 0 Å². The molecule has 2 aliphatic rings. The van der Waals surface area contributed by atoms with E-state index >= 15 is 0 Å². The van der Waals surface area contributed by atoms with Gasteiger partial charge in [0.1, 0.15) is 11.5 Å². The van der Waals surface area contributed by atoms with E-state index in [1.54, 1.807) is 0 Å². The topological polar surface area (TPSA) is 28.4 Å². The zero-order valence-corrected chi connectivity index (χ0v) is 12.4. The lowest BCUT2D eigenvalue weighted by molar-refractivity contribution is 0.239. The molecule has 3 atom stereocenters. The highest BCUT2D eigenvalue weighted by Crippen LogP contribution is 2.47. The summed E-state index contributed by atoms with van der Waals surface area (Å²) in [4.78, 5) is 2.49. The fourth-order valence-corrected chi connectivity index (χ4v) is 2.80. The van der Waals surface area contributed by atoms with E-state index in [2.05, 4.69) is 43.2 Å². The van der Waals surface area contributed by atoms with Crippen molar-refractivity contribution in [1.29, 1.82) is 0 Å². The van der Waals surface area contributed by atoms with E-state index in [0.29, 0.717) is 12.0 Å². The standard InChI is InChI=1S/C16H26N2O/c1-11-8-15(11)16-7-6-14(19-16)10-17-9-12(2)18(3)13-4-5-13/h6-7,11-13,15,17H,4-5,8-10H2,1-3H3. The summed E-state index contributed by atoms with van der Waals surface area (Å²) in [5, 5.41) is 3.51. The molecule has 0 amide bonds. The van der Waals surface area contributed by atoms with Crippen molar-refractivity contribution in [2.24, 2.45) is 5.92 Å². The van der Waals surface area contributed by atoms with Crippen molar-refractivity contribution < 1.29 is 4.42 Å². The predicted molar refractivity (Wildman–Crippen MR) is 77.2 cm³/mol. The fraction of sp³-hybridized carbons (Fsp3) is 0.750. The number of likely N-dealkylation sites (N-methyl/N-ethyl adjacent to an activating group) is 1. The molecule has 3 rings (SSSR count). The van der Waals surface area contributed by atoms with Gasteiger partial charge in [0.15, 0.2) is 0 Å². The molecular formula is C16H26N2O. The summed E-state index contributed by atoms with van der Waals surface area (Å²) >= 11 is 0. The van der Waals surface area contributed by atoms with Crippen LogP contribution in [0.5, 0.6) is 0 Å². The first-order chi connectivity index (χ1) is 9.15.